The fraction of sp³-hybridized carbons (Fsp3) is 0.333. The number of nitrogens with one attached hydrogen (secondary N) is 1. The molecule has 1 aliphatic rings. The van der Waals surface area contributed by atoms with E-state index in [1.165, 1.54) is 28.4 Å². The predicted octanol–water partition coefficient (Wildman–Crippen LogP) is 0.282. The Bertz CT molecular complexity index is 844. The lowest BCUT2D eigenvalue weighted by atomic mass is 9.95. The van der Waals surface area contributed by atoms with Gasteiger partial charge in [0, 0.05) is 26.8 Å². The van der Waals surface area contributed by atoms with Crippen molar-refractivity contribution in [3.05, 3.63) is 47.8 Å². The molecule has 2 aromatic rings. The Morgan fingerprint density at radius 2 is 2.00 bits per heavy atom. The number of aromatic nitrogens is 2. The zero-order chi connectivity index (χ0) is 16.6. The van der Waals surface area contributed by atoms with Gasteiger partial charge in [-0.05, 0) is 17.5 Å². The molecule has 3 rings (SSSR count). The van der Waals surface area contributed by atoms with Crippen molar-refractivity contribution in [1.82, 2.24) is 19.4 Å². The van der Waals surface area contributed by atoms with Gasteiger partial charge in [0.25, 0.3) is 0 Å². The predicted molar refractivity (Wildman–Crippen MR) is 83.9 cm³/mol. The Balaban J connectivity index is 2.06. The van der Waals surface area contributed by atoms with Gasteiger partial charge in [-0.2, -0.15) is 9.40 Å². The van der Waals surface area contributed by atoms with Gasteiger partial charge in [-0.25, -0.2) is 8.42 Å². The first kappa shape index (κ1) is 15.7. The number of hydrogen-bond donors (Lipinski definition) is 1. The van der Waals surface area contributed by atoms with Crippen LogP contribution < -0.4 is 5.32 Å². The van der Waals surface area contributed by atoms with Crippen molar-refractivity contribution in [3.63, 3.8) is 0 Å². The molecule has 0 spiro atoms. The van der Waals surface area contributed by atoms with Crippen molar-refractivity contribution in [3.8, 4) is 0 Å². The number of sulfonamides is 1. The van der Waals surface area contributed by atoms with E-state index in [9.17, 15) is 13.2 Å². The smallest absolute Gasteiger partial charge is 0.247 e. The molecule has 1 N–H and O–H groups in total. The first-order chi connectivity index (χ1) is 10.9. The van der Waals surface area contributed by atoms with Crippen molar-refractivity contribution in [2.24, 2.45) is 7.05 Å². The van der Waals surface area contributed by atoms with Gasteiger partial charge in [0.1, 0.15) is 10.9 Å². The maximum atomic E-state index is 12.9. The van der Waals surface area contributed by atoms with Gasteiger partial charge in [-0.1, -0.05) is 24.3 Å². The Hall–Kier alpha value is -2.19. The molecule has 1 amide bonds. The lowest BCUT2D eigenvalue weighted by Crippen LogP contribution is -2.51. The zero-order valence-corrected chi connectivity index (χ0v) is 13.7. The summed E-state index contributed by atoms with van der Waals surface area (Å²) in [7, 11) is -0.634. The molecule has 23 heavy (non-hydrogen) atoms. The molecule has 0 saturated heterocycles. The van der Waals surface area contributed by atoms with Gasteiger partial charge in [0.05, 0.1) is 6.20 Å². The second kappa shape index (κ2) is 5.78. The summed E-state index contributed by atoms with van der Waals surface area (Å²) < 4.78 is 28.6. The molecule has 122 valence electrons. The molecule has 0 bridgehead atoms. The van der Waals surface area contributed by atoms with E-state index in [0.717, 1.165) is 11.1 Å². The summed E-state index contributed by atoms with van der Waals surface area (Å²) in [6.45, 7) is 0.172. The van der Waals surface area contributed by atoms with Crippen molar-refractivity contribution in [1.29, 1.82) is 0 Å². The highest BCUT2D eigenvalue weighted by Crippen LogP contribution is 2.28. The molecular weight excluding hydrogens is 316 g/mol. The number of carbonyl (C=O) groups excluding carboxylic acids is 1. The number of amides is 1. The van der Waals surface area contributed by atoms with Crippen LogP contribution in [0.1, 0.15) is 11.1 Å². The van der Waals surface area contributed by atoms with Crippen LogP contribution in [0.2, 0.25) is 0 Å². The molecule has 7 nitrogen and oxygen atoms in total. The van der Waals surface area contributed by atoms with Crippen molar-refractivity contribution >= 4 is 15.9 Å². The number of fused-ring (bicyclic) bond motifs is 1. The summed E-state index contributed by atoms with van der Waals surface area (Å²) in [6, 6.07) is 6.82. The van der Waals surface area contributed by atoms with E-state index in [0.29, 0.717) is 6.42 Å². The van der Waals surface area contributed by atoms with Crippen LogP contribution in [0, 0.1) is 0 Å². The zero-order valence-electron chi connectivity index (χ0n) is 12.9. The third-order valence-electron chi connectivity index (χ3n) is 4.04. The number of aryl methyl sites for hydroxylation is 1. The minimum absolute atomic E-state index is 0.0910. The number of nitrogens with zero attached hydrogens (tertiary/aromatic N) is 3. The fourth-order valence-electron chi connectivity index (χ4n) is 2.81. The van der Waals surface area contributed by atoms with E-state index < -0.39 is 16.1 Å². The number of benzene rings is 1. The maximum Gasteiger partial charge on any atom is 0.247 e. The highest BCUT2D eigenvalue weighted by Gasteiger charge is 2.39. The van der Waals surface area contributed by atoms with Gasteiger partial charge >= 0.3 is 0 Å². The van der Waals surface area contributed by atoms with Crippen LogP contribution in [-0.4, -0.2) is 41.5 Å². The van der Waals surface area contributed by atoms with E-state index in [-0.39, 0.29) is 17.3 Å². The van der Waals surface area contributed by atoms with E-state index in [1.54, 1.807) is 7.05 Å². The molecule has 1 aliphatic heterocycles. The van der Waals surface area contributed by atoms with Crippen LogP contribution >= 0.6 is 0 Å². The molecule has 0 unspecified atom stereocenters. The van der Waals surface area contributed by atoms with Crippen LogP contribution in [0.25, 0.3) is 0 Å². The van der Waals surface area contributed by atoms with Gasteiger partial charge in [-0.3, -0.25) is 9.48 Å². The van der Waals surface area contributed by atoms with Crippen molar-refractivity contribution < 1.29 is 13.2 Å². The topological polar surface area (TPSA) is 84.3 Å². The third-order valence-corrected chi connectivity index (χ3v) is 5.85. The summed E-state index contributed by atoms with van der Waals surface area (Å²) in [5, 5.41) is 6.48. The lowest BCUT2D eigenvalue weighted by molar-refractivity contribution is -0.124. The second-order valence-electron chi connectivity index (χ2n) is 5.50. The number of likely N-dealkylation sites (N-methyl/N-ethyl adjacent to an activating group) is 1. The highest BCUT2D eigenvalue weighted by atomic mass is 32.2. The summed E-state index contributed by atoms with van der Waals surface area (Å²) in [6.07, 6.45) is 3.10. The van der Waals surface area contributed by atoms with E-state index >= 15 is 0 Å². The van der Waals surface area contributed by atoms with Gasteiger partial charge in [0.15, 0.2) is 0 Å². The first-order valence-electron chi connectivity index (χ1n) is 7.22. The number of carbonyl (C=O) groups is 1. The van der Waals surface area contributed by atoms with Crippen LogP contribution in [0.4, 0.5) is 0 Å². The minimum atomic E-state index is -3.80. The second-order valence-corrected chi connectivity index (χ2v) is 7.39. The molecule has 0 aliphatic carbocycles. The number of rotatable bonds is 3. The summed E-state index contributed by atoms with van der Waals surface area (Å²) in [5.74, 6) is -0.313. The standard InChI is InChI=1S/C15H18N4O3S/c1-16-15(20)14-7-11-5-3-4-6-12(11)9-19(14)23(21,22)13-8-17-18(2)10-13/h3-6,8,10,14H,7,9H2,1-2H3,(H,16,20)/t14-/m0/s1. The number of hydrogen-bond acceptors (Lipinski definition) is 4. The highest BCUT2D eigenvalue weighted by molar-refractivity contribution is 7.89. The van der Waals surface area contributed by atoms with Gasteiger partial charge in [-0.15, -0.1) is 0 Å². The van der Waals surface area contributed by atoms with Crippen LogP contribution in [0.5, 0.6) is 0 Å². The first-order valence-corrected chi connectivity index (χ1v) is 8.66. The molecule has 0 saturated carbocycles. The lowest BCUT2D eigenvalue weighted by Gasteiger charge is -2.34. The van der Waals surface area contributed by atoms with Gasteiger partial charge < -0.3 is 5.32 Å². The Morgan fingerprint density at radius 3 is 2.61 bits per heavy atom. The Kier molecular flexibility index (Phi) is 3.95. The molecule has 0 radical (unpaired) electrons. The summed E-state index contributed by atoms with van der Waals surface area (Å²) in [5.41, 5.74) is 1.92. The minimum Gasteiger partial charge on any atom is -0.358 e. The van der Waals surface area contributed by atoms with E-state index in [2.05, 4.69) is 10.4 Å². The molecule has 8 heteroatoms. The fourth-order valence-corrected chi connectivity index (χ4v) is 4.36. The van der Waals surface area contributed by atoms with Crippen LogP contribution in [-0.2, 0) is 34.8 Å². The molecule has 2 heterocycles. The van der Waals surface area contributed by atoms with Gasteiger partial charge in [0.2, 0.25) is 15.9 Å². The maximum absolute atomic E-state index is 12.9. The van der Waals surface area contributed by atoms with Crippen molar-refractivity contribution in [2.75, 3.05) is 7.05 Å². The molecular formula is C15H18N4O3S. The molecule has 1 atom stereocenters. The SMILES string of the molecule is CNC(=O)[C@@H]1Cc2ccccc2CN1S(=O)(=O)c1cnn(C)c1. The summed E-state index contributed by atoms with van der Waals surface area (Å²) in [4.78, 5) is 12.3. The summed E-state index contributed by atoms with van der Waals surface area (Å²) >= 11 is 0. The molecule has 1 aromatic heterocycles. The normalized spacial score (nSPS) is 18.4. The largest absolute Gasteiger partial charge is 0.358 e. The molecule has 0 fully saturated rings. The van der Waals surface area contributed by atoms with Crippen LogP contribution in [0.15, 0.2) is 41.6 Å². The third kappa shape index (κ3) is 2.75. The monoisotopic (exact) mass is 334 g/mol. The quantitative estimate of drug-likeness (QED) is 0.874. The average Bonchev–Trinajstić information content (AvgIpc) is 3.00. The van der Waals surface area contributed by atoms with E-state index in [4.69, 9.17) is 0 Å². The van der Waals surface area contributed by atoms with Crippen LogP contribution in [0.3, 0.4) is 0 Å². The average molecular weight is 334 g/mol. The molecule has 1 aromatic carbocycles. The Morgan fingerprint density at radius 1 is 1.30 bits per heavy atom. The Labute approximate surface area is 135 Å². The van der Waals surface area contributed by atoms with E-state index in [1.807, 2.05) is 24.3 Å². The van der Waals surface area contributed by atoms with Crippen molar-refractivity contribution in [2.45, 2.75) is 23.9 Å².